The summed E-state index contributed by atoms with van der Waals surface area (Å²) in [4.78, 5) is 4.60. The van der Waals surface area contributed by atoms with Gasteiger partial charge in [-0.1, -0.05) is 32.0 Å². The van der Waals surface area contributed by atoms with E-state index in [-0.39, 0.29) is 0 Å². The fourth-order valence-electron chi connectivity index (χ4n) is 2.36. The van der Waals surface area contributed by atoms with Crippen LogP contribution in [-0.4, -0.2) is 21.7 Å². The van der Waals surface area contributed by atoms with E-state index < -0.39 is 0 Å². The minimum absolute atomic E-state index is 0.374. The van der Waals surface area contributed by atoms with Crippen LogP contribution >= 0.6 is 0 Å². The largest absolute Gasteiger partial charge is 0.384 e. The highest BCUT2D eigenvalue weighted by Gasteiger charge is 2.22. The van der Waals surface area contributed by atoms with Crippen molar-refractivity contribution >= 4 is 5.69 Å². The third-order valence-electron chi connectivity index (χ3n) is 3.45. The summed E-state index contributed by atoms with van der Waals surface area (Å²) in [6.45, 7) is 5.15. The van der Waals surface area contributed by atoms with Crippen molar-refractivity contribution in [2.24, 2.45) is 0 Å². The maximum absolute atomic E-state index is 4.60. The molecule has 0 fully saturated rings. The van der Waals surface area contributed by atoms with Gasteiger partial charge in [-0.05, 0) is 18.1 Å². The lowest BCUT2D eigenvalue weighted by Gasteiger charge is -2.24. The highest BCUT2D eigenvalue weighted by Crippen LogP contribution is 2.28. The summed E-state index contributed by atoms with van der Waals surface area (Å²) in [5.74, 6) is 2.67. The van der Waals surface area contributed by atoms with E-state index in [0.717, 1.165) is 24.6 Å². The van der Waals surface area contributed by atoms with Crippen LogP contribution in [0.15, 0.2) is 24.3 Å². The molecule has 1 aromatic carbocycles. The monoisotopic (exact) mass is 242 g/mol. The molecule has 2 aromatic rings. The molecule has 4 nitrogen and oxygen atoms in total. The standard InChI is InChI=1S/C14H18N4/c1-9(2)13-16-14(18-17-13)11-7-10-5-3-4-6-12(10)15-8-11/h3-6,9,11,15H,7-8H2,1-2H3,(H,16,17,18). The Hall–Kier alpha value is -1.84. The molecule has 1 aliphatic heterocycles. The molecule has 0 saturated carbocycles. The van der Waals surface area contributed by atoms with Gasteiger partial charge < -0.3 is 5.32 Å². The van der Waals surface area contributed by atoms with Crippen LogP contribution in [0.3, 0.4) is 0 Å². The lowest BCUT2D eigenvalue weighted by molar-refractivity contribution is 0.650. The Morgan fingerprint density at radius 1 is 1.28 bits per heavy atom. The summed E-state index contributed by atoms with van der Waals surface area (Å²) in [6, 6.07) is 8.46. The van der Waals surface area contributed by atoms with Crippen LogP contribution in [0.5, 0.6) is 0 Å². The second-order valence-electron chi connectivity index (χ2n) is 5.17. The Morgan fingerprint density at radius 2 is 2.11 bits per heavy atom. The average Bonchev–Trinajstić information content (AvgIpc) is 2.88. The van der Waals surface area contributed by atoms with Crippen LogP contribution in [0.1, 0.15) is 42.9 Å². The van der Waals surface area contributed by atoms with Gasteiger partial charge in [0.05, 0.1) is 0 Å². The quantitative estimate of drug-likeness (QED) is 0.851. The maximum Gasteiger partial charge on any atom is 0.153 e. The molecule has 0 bridgehead atoms. The number of aromatic amines is 1. The van der Waals surface area contributed by atoms with Gasteiger partial charge in [0.2, 0.25) is 0 Å². The van der Waals surface area contributed by atoms with Crippen LogP contribution < -0.4 is 5.32 Å². The predicted molar refractivity (Wildman–Crippen MR) is 71.8 cm³/mol. The molecule has 1 aliphatic rings. The molecule has 0 aliphatic carbocycles. The van der Waals surface area contributed by atoms with Crippen molar-refractivity contribution < 1.29 is 0 Å². The van der Waals surface area contributed by atoms with Crippen LogP contribution in [-0.2, 0) is 6.42 Å². The number of fused-ring (bicyclic) bond motifs is 1. The zero-order valence-corrected chi connectivity index (χ0v) is 10.8. The number of aromatic nitrogens is 3. The van der Waals surface area contributed by atoms with Gasteiger partial charge in [-0.3, -0.25) is 5.10 Å². The van der Waals surface area contributed by atoms with Gasteiger partial charge in [0.25, 0.3) is 0 Å². The van der Waals surface area contributed by atoms with Crippen LogP contribution in [0.25, 0.3) is 0 Å². The number of hydrogen-bond donors (Lipinski definition) is 2. The Bertz CT molecular complexity index is 544. The van der Waals surface area contributed by atoms with Crippen molar-refractivity contribution in [3.63, 3.8) is 0 Å². The number of nitrogens with one attached hydrogen (secondary N) is 2. The normalized spacial score (nSPS) is 18.5. The van der Waals surface area contributed by atoms with Crippen LogP contribution in [0.4, 0.5) is 5.69 Å². The molecule has 0 spiro atoms. The summed E-state index contributed by atoms with van der Waals surface area (Å²) in [5.41, 5.74) is 2.61. The molecular formula is C14H18N4. The van der Waals surface area contributed by atoms with E-state index in [1.807, 2.05) is 0 Å². The first-order chi connectivity index (χ1) is 8.74. The summed E-state index contributed by atoms with van der Waals surface area (Å²) in [6.07, 6.45) is 1.02. The lowest BCUT2D eigenvalue weighted by Crippen LogP contribution is -2.22. The maximum atomic E-state index is 4.60. The van der Waals surface area contributed by atoms with Gasteiger partial charge in [0, 0.05) is 24.1 Å². The van der Waals surface area contributed by atoms with Crippen molar-refractivity contribution in [2.45, 2.75) is 32.1 Å². The van der Waals surface area contributed by atoms with Gasteiger partial charge in [0.15, 0.2) is 5.82 Å². The molecule has 2 heterocycles. The van der Waals surface area contributed by atoms with Gasteiger partial charge in [-0.15, -0.1) is 0 Å². The van der Waals surface area contributed by atoms with Crippen molar-refractivity contribution in [1.29, 1.82) is 0 Å². The number of para-hydroxylation sites is 1. The molecule has 1 atom stereocenters. The fraction of sp³-hybridized carbons (Fsp3) is 0.429. The smallest absolute Gasteiger partial charge is 0.153 e. The number of nitrogens with zero attached hydrogens (tertiary/aromatic N) is 2. The van der Waals surface area contributed by atoms with E-state index in [9.17, 15) is 0 Å². The predicted octanol–water partition coefficient (Wildman–Crippen LogP) is 2.68. The van der Waals surface area contributed by atoms with E-state index >= 15 is 0 Å². The van der Waals surface area contributed by atoms with Gasteiger partial charge in [-0.25, -0.2) is 4.98 Å². The first-order valence-electron chi connectivity index (χ1n) is 6.48. The number of rotatable bonds is 2. The first-order valence-corrected chi connectivity index (χ1v) is 6.48. The minimum atomic E-state index is 0.374. The Kier molecular flexibility index (Phi) is 2.78. The van der Waals surface area contributed by atoms with Crippen molar-refractivity contribution in [2.75, 3.05) is 11.9 Å². The SMILES string of the molecule is CC(C)c1n[nH]c(C2CNc3ccccc3C2)n1. The van der Waals surface area contributed by atoms with Gasteiger partial charge in [0.1, 0.15) is 5.82 Å². The fourth-order valence-corrected chi connectivity index (χ4v) is 2.36. The number of hydrogen-bond acceptors (Lipinski definition) is 3. The molecule has 3 rings (SSSR count). The summed E-state index contributed by atoms with van der Waals surface area (Å²) in [5, 5.41) is 10.8. The molecule has 94 valence electrons. The van der Waals surface area contributed by atoms with Gasteiger partial charge in [-0.2, -0.15) is 5.10 Å². The summed E-state index contributed by atoms with van der Waals surface area (Å²) >= 11 is 0. The third-order valence-corrected chi connectivity index (χ3v) is 3.45. The number of H-pyrrole nitrogens is 1. The molecule has 0 radical (unpaired) electrons. The van der Waals surface area contributed by atoms with Crippen molar-refractivity contribution in [1.82, 2.24) is 15.2 Å². The van der Waals surface area contributed by atoms with E-state index in [0.29, 0.717) is 11.8 Å². The highest BCUT2D eigenvalue weighted by molar-refractivity contribution is 5.53. The third kappa shape index (κ3) is 1.98. The summed E-state index contributed by atoms with van der Waals surface area (Å²) in [7, 11) is 0. The molecular weight excluding hydrogens is 224 g/mol. The Labute approximate surface area is 107 Å². The van der Waals surface area contributed by atoms with Crippen molar-refractivity contribution in [3.05, 3.63) is 41.5 Å². The summed E-state index contributed by atoms with van der Waals surface area (Å²) < 4.78 is 0. The first kappa shape index (κ1) is 11.3. The molecule has 18 heavy (non-hydrogen) atoms. The second-order valence-corrected chi connectivity index (χ2v) is 5.17. The average molecular weight is 242 g/mol. The number of benzene rings is 1. The Morgan fingerprint density at radius 3 is 2.89 bits per heavy atom. The van der Waals surface area contributed by atoms with E-state index in [4.69, 9.17) is 0 Å². The molecule has 2 N–H and O–H groups in total. The second kappa shape index (κ2) is 4.44. The highest BCUT2D eigenvalue weighted by atomic mass is 15.2. The minimum Gasteiger partial charge on any atom is -0.384 e. The van der Waals surface area contributed by atoms with Crippen LogP contribution in [0.2, 0.25) is 0 Å². The molecule has 0 amide bonds. The molecule has 4 heteroatoms. The van der Waals surface area contributed by atoms with Crippen molar-refractivity contribution in [3.8, 4) is 0 Å². The molecule has 1 unspecified atom stereocenters. The number of anilines is 1. The van der Waals surface area contributed by atoms with E-state index in [2.05, 4.69) is 58.6 Å². The lowest BCUT2D eigenvalue weighted by atomic mass is 9.93. The molecule has 0 saturated heterocycles. The Balaban J connectivity index is 1.83. The topological polar surface area (TPSA) is 53.6 Å². The van der Waals surface area contributed by atoms with E-state index in [1.165, 1.54) is 11.3 Å². The van der Waals surface area contributed by atoms with E-state index in [1.54, 1.807) is 0 Å². The van der Waals surface area contributed by atoms with Crippen LogP contribution in [0, 0.1) is 0 Å². The zero-order valence-electron chi connectivity index (χ0n) is 10.8. The molecule has 1 aromatic heterocycles. The zero-order chi connectivity index (χ0) is 12.5. The van der Waals surface area contributed by atoms with Gasteiger partial charge >= 0.3 is 0 Å².